The van der Waals surface area contributed by atoms with E-state index in [1.54, 1.807) is 36.4 Å². The summed E-state index contributed by atoms with van der Waals surface area (Å²) >= 11 is 5.89. The normalized spacial score (nSPS) is 10.9. The lowest BCUT2D eigenvalue weighted by Crippen LogP contribution is -2.43. The van der Waals surface area contributed by atoms with Crippen molar-refractivity contribution in [1.82, 2.24) is 19.4 Å². The fraction of sp³-hybridized carbons (Fsp3) is 0.263. The number of hydrogen-bond donors (Lipinski definition) is 1. The average molecular weight is 387 g/mol. The first-order chi connectivity index (χ1) is 13.0. The van der Waals surface area contributed by atoms with Crippen molar-refractivity contribution < 1.29 is 4.79 Å². The molecule has 0 bridgehead atoms. The molecule has 140 valence electrons. The van der Waals surface area contributed by atoms with Gasteiger partial charge >= 0.3 is 5.69 Å². The van der Waals surface area contributed by atoms with Crippen molar-refractivity contribution in [3.8, 4) is 0 Å². The Morgan fingerprint density at radius 2 is 1.89 bits per heavy atom. The number of hydrogen-bond acceptors (Lipinski definition) is 4. The molecule has 2 aromatic heterocycles. The molecule has 0 saturated heterocycles. The van der Waals surface area contributed by atoms with Gasteiger partial charge in [-0.3, -0.25) is 18.7 Å². The number of nitrogens with one attached hydrogen (secondary N) is 1. The van der Waals surface area contributed by atoms with Gasteiger partial charge in [-0.1, -0.05) is 30.7 Å². The molecule has 8 heteroatoms. The van der Waals surface area contributed by atoms with E-state index < -0.39 is 11.2 Å². The molecule has 0 fully saturated rings. The highest BCUT2D eigenvalue weighted by Gasteiger charge is 2.16. The molecule has 0 aliphatic rings. The first kappa shape index (κ1) is 18.8. The smallest absolute Gasteiger partial charge is 0.332 e. The molecule has 1 amide bonds. The number of rotatable bonds is 6. The molecule has 0 spiro atoms. The SMILES string of the molecule is CCCNC(=O)Cn1c(=O)n(Cc2ccc(Cl)cc2)c(=O)c2ncccc21. The third-order valence-corrected chi connectivity index (χ3v) is 4.37. The van der Waals surface area contributed by atoms with Gasteiger partial charge in [0, 0.05) is 17.8 Å². The second-order valence-electron chi connectivity index (χ2n) is 6.11. The molecule has 1 N–H and O–H groups in total. The lowest BCUT2D eigenvalue weighted by atomic mass is 10.2. The molecule has 0 saturated carbocycles. The summed E-state index contributed by atoms with van der Waals surface area (Å²) < 4.78 is 2.37. The van der Waals surface area contributed by atoms with Crippen molar-refractivity contribution in [2.24, 2.45) is 0 Å². The van der Waals surface area contributed by atoms with E-state index in [1.807, 2.05) is 6.92 Å². The number of carbonyl (C=O) groups excluding carboxylic acids is 1. The summed E-state index contributed by atoms with van der Waals surface area (Å²) in [5.41, 5.74) is 0.189. The van der Waals surface area contributed by atoms with Crippen molar-refractivity contribution in [3.63, 3.8) is 0 Å². The molecule has 7 nitrogen and oxygen atoms in total. The summed E-state index contributed by atoms with van der Waals surface area (Å²) in [6.07, 6.45) is 2.28. The quantitative estimate of drug-likeness (QED) is 0.699. The van der Waals surface area contributed by atoms with Crippen molar-refractivity contribution in [2.45, 2.75) is 26.4 Å². The summed E-state index contributed by atoms with van der Waals surface area (Å²) in [6.45, 7) is 2.35. The minimum Gasteiger partial charge on any atom is -0.355 e. The molecule has 0 atom stereocenters. The number of fused-ring (bicyclic) bond motifs is 1. The van der Waals surface area contributed by atoms with Gasteiger partial charge < -0.3 is 5.32 Å². The third-order valence-electron chi connectivity index (χ3n) is 4.11. The maximum Gasteiger partial charge on any atom is 0.332 e. The van der Waals surface area contributed by atoms with Gasteiger partial charge in [-0.2, -0.15) is 0 Å². The van der Waals surface area contributed by atoms with Crippen LogP contribution in [0.3, 0.4) is 0 Å². The molecule has 0 unspecified atom stereocenters. The predicted octanol–water partition coefficient (Wildman–Crippen LogP) is 1.79. The molecule has 0 aliphatic heterocycles. The highest BCUT2D eigenvalue weighted by molar-refractivity contribution is 6.30. The van der Waals surface area contributed by atoms with Crippen molar-refractivity contribution in [1.29, 1.82) is 0 Å². The zero-order valence-corrected chi connectivity index (χ0v) is 15.6. The molecule has 3 aromatic rings. The van der Waals surface area contributed by atoms with E-state index in [1.165, 1.54) is 10.8 Å². The fourth-order valence-corrected chi connectivity index (χ4v) is 2.90. The summed E-state index contributed by atoms with van der Waals surface area (Å²) in [4.78, 5) is 42.1. The van der Waals surface area contributed by atoms with Crippen LogP contribution in [0.15, 0.2) is 52.2 Å². The van der Waals surface area contributed by atoms with E-state index in [4.69, 9.17) is 11.6 Å². The number of benzene rings is 1. The van der Waals surface area contributed by atoms with E-state index >= 15 is 0 Å². The molecular weight excluding hydrogens is 368 g/mol. The van der Waals surface area contributed by atoms with Crippen LogP contribution in [0.25, 0.3) is 11.0 Å². The van der Waals surface area contributed by atoms with Gasteiger partial charge in [0.2, 0.25) is 5.91 Å². The lowest BCUT2D eigenvalue weighted by Gasteiger charge is -2.13. The van der Waals surface area contributed by atoms with Crippen LogP contribution in [-0.2, 0) is 17.9 Å². The standard InChI is InChI=1S/C19H19ClN4O3/c1-2-9-21-16(25)12-23-15-4-3-10-22-17(15)18(26)24(19(23)27)11-13-5-7-14(20)8-6-13/h3-8,10H,2,9,11-12H2,1H3,(H,21,25). The third kappa shape index (κ3) is 4.09. The van der Waals surface area contributed by atoms with E-state index in [-0.39, 0.29) is 24.5 Å². The second-order valence-corrected chi connectivity index (χ2v) is 6.54. The minimum atomic E-state index is -0.554. The molecule has 27 heavy (non-hydrogen) atoms. The van der Waals surface area contributed by atoms with E-state index in [0.29, 0.717) is 17.1 Å². The summed E-state index contributed by atoms with van der Waals surface area (Å²) in [7, 11) is 0. The van der Waals surface area contributed by atoms with Gasteiger partial charge in [0.25, 0.3) is 5.56 Å². The summed E-state index contributed by atoms with van der Waals surface area (Å²) in [5.74, 6) is -0.291. The molecule has 0 aliphatic carbocycles. The minimum absolute atomic E-state index is 0.0674. The maximum absolute atomic E-state index is 13.0. The zero-order chi connectivity index (χ0) is 19.4. The molecular formula is C19H19ClN4O3. The van der Waals surface area contributed by atoms with Gasteiger partial charge in [-0.25, -0.2) is 9.78 Å². The first-order valence-electron chi connectivity index (χ1n) is 8.60. The molecule has 1 aromatic carbocycles. The van der Waals surface area contributed by atoms with E-state index in [2.05, 4.69) is 10.3 Å². The topological polar surface area (TPSA) is 86.0 Å². The van der Waals surface area contributed by atoms with Crippen molar-refractivity contribution >= 4 is 28.5 Å². The highest BCUT2D eigenvalue weighted by atomic mass is 35.5. The average Bonchev–Trinajstić information content (AvgIpc) is 2.68. The van der Waals surface area contributed by atoms with Gasteiger partial charge in [-0.15, -0.1) is 0 Å². The Morgan fingerprint density at radius 3 is 2.59 bits per heavy atom. The molecule has 2 heterocycles. The van der Waals surface area contributed by atoms with Crippen LogP contribution < -0.4 is 16.6 Å². The van der Waals surface area contributed by atoms with Crippen molar-refractivity contribution in [3.05, 3.63) is 74.0 Å². The number of aromatic nitrogens is 3. The van der Waals surface area contributed by atoms with Crippen LogP contribution in [0, 0.1) is 0 Å². The number of halogens is 1. The van der Waals surface area contributed by atoms with Crippen LogP contribution in [0.1, 0.15) is 18.9 Å². The van der Waals surface area contributed by atoms with Crippen LogP contribution in [0.5, 0.6) is 0 Å². The van der Waals surface area contributed by atoms with Crippen molar-refractivity contribution in [2.75, 3.05) is 6.54 Å². The predicted molar refractivity (Wildman–Crippen MR) is 104 cm³/mol. The first-order valence-corrected chi connectivity index (χ1v) is 8.98. The number of nitrogens with zero attached hydrogens (tertiary/aromatic N) is 3. The second kappa shape index (κ2) is 8.18. The number of carbonyl (C=O) groups is 1. The molecule has 0 radical (unpaired) electrons. The Labute approximate surface area is 160 Å². The van der Waals surface area contributed by atoms with Gasteiger partial charge in [0.1, 0.15) is 6.54 Å². The van der Waals surface area contributed by atoms with E-state index in [9.17, 15) is 14.4 Å². The van der Waals surface area contributed by atoms with Gasteiger partial charge in [0.15, 0.2) is 5.52 Å². The fourth-order valence-electron chi connectivity index (χ4n) is 2.77. The Hall–Kier alpha value is -2.93. The summed E-state index contributed by atoms with van der Waals surface area (Å²) in [6, 6.07) is 10.1. The molecule has 3 rings (SSSR count). The Morgan fingerprint density at radius 1 is 1.15 bits per heavy atom. The monoisotopic (exact) mass is 386 g/mol. The Bertz CT molecular complexity index is 1090. The van der Waals surface area contributed by atoms with Gasteiger partial charge in [0.05, 0.1) is 12.1 Å². The Balaban J connectivity index is 2.11. The lowest BCUT2D eigenvalue weighted by molar-refractivity contribution is -0.121. The highest BCUT2D eigenvalue weighted by Crippen LogP contribution is 2.10. The van der Waals surface area contributed by atoms with E-state index in [0.717, 1.165) is 16.6 Å². The largest absolute Gasteiger partial charge is 0.355 e. The maximum atomic E-state index is 13.0. The number of pyridine rings is 1. The van der Waals surface area contributed by atoms with Crippen LogP contribution in [-0.4, -0.2) is 26.6 Å². The zero-order valence-electron chi connectivity index (χ0n) is 14.8. The Kier molecular flexibility index (Phi) is 5.71. The summed E-state index contributed by atoms with van der Waals surface area (Å²) in [5, 5.41) is 3.31. The van der Waals surface area contributed by atoms with Crippen LogP contribution >= 0.6 is 11.6 Å². The number of amides is 1. The van der Waals surface area contributed by atoms with Gasteiger partial charge in [-0.05, 0) is 36.2 Å². The van der Waals surface area contributed by atoms with Crippen LogP contribution in [0.2, 0.25) is 5.02 Å². The van der Waals surface area contributed by atoms with Crippen LogP contribution in [0.4, 0.5) is 0 Å².